The van der Waals surface area contributed by atoms with Crippen LogP contribution in [0.1, 0.15) is 16.1 Å². The molecule has 0 bridgehead atoms. The minimum atomic E-state index is -0.352. The third-order valence-corrected chi connectivity index (χ3v) is 4.13. The number of pyridine rings is 1. The molecule has 0 radical (unpaired) electrons. The Labute approximate surface area is 174 Å². The second-order valence-electron chi connectivity index (χ2n) is 6.21. The summed E-state index contributed by atoms with van der Waals surface area (Å²) in [6.45, 7) is 0.304. The van der Waals surface area contributed by atoms with Gasteiger partial charge < -0.3 is 25.4 Å². The molecule has 0 atom stereocenters. The second kappa shape index (κ2) is 9.92. The molecule has 0 spiro atoms. The van der Waals surface area contributed by atoms with Crippen molar-refractivity contribution in [2.24, 2.45) is 0 Å². The fourth-order valence-electron chi connectivity index (χ4n) is 2.68. The van der Waals surface area contributed by atoms with Gasteiger partial charge in [-0.3, -0.25) is 9.78 Å². The van der Waals surface area contributed by atoms with E-state index < -0.39 is 0 Å². The van der Waals surface area contributed by atoms with Crippen molar-refractivity contribution in [1.82, 2.24) is 15.6 Å². The average Bonchev–Trinajstić information content (AvgIpc) is 2.78. The van der Waals surface area contributed by atoms with Gasteiger partial charge in [-0.2, -0.15) is 0 Å². The molecule has 0 unspecified atom stereocenters. The molecular weight excluding hydrogens is 384 g/mol. The van der Waals surface area contributed by atoms with Crippen LogP contribution in [-0.2, 0) is 6.54 Å². The molecule has 1 heterocycles. The second-order valence-corrected chi connectivity index (χ2v) is 6.21. The van der Waals surface area contributed by atoms with Crippen LogP contribution < -0.4 is 25.4 Å². The van der Waals surface area contributed by atoms with Gasteiger partial charge in [0.25, 0.3) is 5.91 Å². The number of aromatic nitrogens is 1. The highest BCUT2D eigenvalue weighted by Gasteiger charge is 2.08. The first-order chi connectivity index (χ1) is 14.6. The number of nitrogens with one attached hydrogen (secondary N) is 3. The van der Waals surface area contributed by atoms with Gasteiger partial charge in [0, 0.05) is 25.9 Å². The van der Waals surface area contributed by atoms with Crippen molar-refractivity contribution in [3.8, 4) is 17.2 Å². The number of amides is 3. The van der Waals surface area contributed by atoms with Crippen LogP contribution in [0.3, 0.4) is 0 Å². The first-order valence-electron chi connectivity index (χ1n) is 9.22. The van der Waals surface area contributed by atoms with Crippen LogP contribution in [0.2, 0.25) is 0 Å². The number of rotatable bonds is 7. The Morgan fingerprint density at radius 3 is 2.60 bits per heavy atom. The van der Waals surface area contributed by atoms with Gasteiger partial charge in [-0.15, -0.1) is 0 Å². The number of carbonyl (C=O) groups is 2. The Morgan fingerprint density at radius 2 is 1.80 bits per heavy atom. The first-order valence-corrected chi connectivity index (χ1v) is 9.22. The van der Waals surface area contributed by atoms with Crippen LogP contribution in [0.25, 0.3) is 0 Å². The number of urea groups is 1. The zero-order valence-electron chi connectivity index (χ0n) is 16.6. The van der Waals surface area contributed by atoms with Gasteiger partial charge in [0.05, 0.1) is 12.8 Å². The highest BCUT2D eigenvalue weighted by Crippen LogP contribution is 2.24. The van der Waals surface area contributed by atoms with E-state index in [1.165, 1.54) is 13.2 Å². The molecule has 0 aliphatic heterocycles. The molecule has 0 saturated heterocycles. The summed E-state index contributed by atoms with van der Waals surface area (Å²) in [6, 6.07) is 17.3. The van der Waals surface area contributed by atoms with Crippen molar-refractivity contribution in [3.05, 3.63) is 78.1 Å². The first kappa shape index (κ1) is 20.7. The number of hydrogen-bond acceptors (Lipinski definition) is 5. The van der Waals surface area contributed by atoms with Gasteiger partial charge in [-0.1, -0.05) is 24.3 Å². The van der Waals surface area contributed by atoms with Crippen molar-refractivity contribution >= 4 is 17.6 Å². The Morgan fingerprint density at radius 1 is 1.00 bits per heavy atom. The van der Waals surface area contributed by atoms with Crippen molar-refractivity contribution < 1.29 is 19.1 Å². The normalized spacial score (nSPS) is 10.1. The molecule has 154 valence electrons. The van der Waals surface area contributed by atoms with Gasteiger partial charge in [0.2, 0.25) is 0 Å². The predicted octanol–water partition coefficient (Wildman–Crippen LogP) is 3.56. The lowest BCUT2D eigenvalue weighted by molar-refractivity contribution is 0.0958. The summed E-state index contributed by atoms with van der Waals surface area (Å²) in [7, 11) is 3.09. The third kappa shape index (κ3) is 5.48. The van der Waals surface area contributed by atoms with Crippen molar-refractivity contribution in [3.63, 3.8) is 0 Å². The molecule has 3 rings (SSSR count). The fraction of sp³-hybridized carbons (Fsp3) is 0.136. The molecule has 0 saturated carbocycles. The van der Waals surface area contributed by atoms with E-state index in [1.54, 1.807) is 37.4 Å². The molecule has 0 aliphatic carbocycles. The Hall–Kier alpha value is -4.07. The summed E-state index contributed by atoms with van der Waals surface area (Å²) in [5.74, 6) is 1.35. The van der Waals surface area contributed by atoms with Gasteiger partial charge in [0.15, 0.2) is 0 Å². The standard InChI is InChI=1S/C22H22N4O4/c1-23-21(27)19-13-17(10-11-24-19)30-16-7-5-6-15(12-16)14-25-22(28)26-18-8-3-4-9-20(18)29-2/h3-13H,14H2,1-2H3,(H,23,27)(H2,25,26,28). The highest BCUT2D eigenvalue weighted by molar-refractivity contribution is 5.92. The number of carbonyl (C=O) groups excluding carboxylic acids is 2. The lowest BCUT2D eigenvalue weighted by Gasteiger charge is -2.12. The van der Waals surface area contributed by atoms with Gasteiger partial charge in [-0.05, 0) is 35.9 Å². The monoisotopic (exact) mass is 406 g/mol. The number of anilines is 1. The highest BCUT2D eigenvalue weighted by atomic mass is 16.5. The quantitative estimate of drug-likeness (QED) is 0.557. The number of para-hydroxylation sites is 2. The van der Waals surface area contributed by atoms with Crippen molar-refractivity contribution in [2.75, 3.05) is 19.5 Å². The van der Waals surface area contributed by atoms with Crippen LogP contribution in [0, 0.1) is 0 Å². The van der Waals surface area contributed by atoms with Crippen LogP contribution in [0.15, 0.2) is 66.9 Å². The van der Waals surface area contributed by atoms with Crippen LogP contribution in [-0.4, -0.2) is 31.1 Å². The summed E-state index contributed by atoms with van der Waals surface area (Å²) in [5, 5.41) is 8.08. The molecule has 3 amide bonds. The topological polar surface area (TPSA) is 102 Å². The maximum atomic E-state index is 12.2. The van der Waals surface area contributed by atoms with E-state index in [0.29, 0.717) is 29.5 Å². The SMILES string of the molecule is CNC(=O)c1cc(Oc2cccc(CNC(=O)Nc3ccccc3OC)c2)ccn1. The van der Waals surface area contributed by atoms with E-state index in [9.17, 15) is 9.59 Å². The maximum absolute atomic E-state index is 12.2. The van der Waals surface area contributed by atoms with Gasteiger partial charge in [0.1, 0.15) is 22.9 Å². The van der Waals surface area contributed by atoms with Crippen LogP contribution >= 0.6 is 0 Å². The summed E-state index contributed by atoms with van der Waals surface area (Å²) in [6.07, 6.45) is 1.51. The van der Waals surface area contributed by atoms with E-state index in [-0.39, 0.29) is 17.6 Å². The molecule has 1 aromatic heterocycles. The van der Waals surface area contributed by atoms with Crippen molar-refractivity contribution in [1.29, 1.82) is 0 Å². The molecule has 2 aromatic carbocycles. The molecule has 3 aromatic rings. The summed E-state index contributed by atoms with van der Waals surface area (Å²) >= 11 is 0. The number of benzene rings is 2. The zero-order chi connectivity index (χ0) is 21.3. The van der Waals surface area contributed by atoms with E-state index in [1.807, 2.05) is 30.3 Å². The largest absolute Gasteiger partial charge is 0.495 e. The maximum Gasteiger partial charge on any atom is 0.319 e. The molecule has 3 N–H and O–H groups in total. The third-order valence-electron chi connectivity index (χ3n) is 4.13. The lowest BCUT2D eigenvalue weighted by atomic mass is 10.2. The number of methoxy groups -OCH3 is 1. The Balaban J connectivity index is 1.60. The van der Waals surface area contributed by atoms with Gasteiger partial charge >= 0.3 is 6.03 Å². The minimum Gasteiger partial charge on any atom is -0.495 e. The summed E-state index contributed by atoms with van der Waals surface area (Å²) in [5.41, 5.74) is 1.70. The lowest BCUT2D eigenvalue weighted by Crippen LogP contribution is -2.28. The van der Waals surface area contributed by atoms with Crippen LogP contribution in [0.4, 0.5) is 10.5 Å². The predicted molar refractivity (Wildman–Crippen MR) is 113 cm³/mol. The zero-order valence-corrected chi connectivity index (χ0v) is 16.6. The number of ether oxygens (including phenoxy) is 2. The fourth-order valence-corrected chi connectivity index (χ4v) is 2.68. The molecule has 30 heavy (non-hydrogen) atoms. The smallest absolute Gasteiger partial charge is 0.319 e. The van der Waals surface area contributed by atoms with Gasteiger partial charge in [-0.25, -0.2) is 4.79 Å². The van der Waals surface area contributed by atoms with E-state index in [0.717, 1.165) is 5.56 Å². The Bertz CT molecular complexity index is 1040. The average molecular weight is 406 g/mol. The Kier molecular flexibility index (Phi) is 6.83. The number of hydrogen-bond donors (Lipinski definition) is 3. The van der Waals surface area contributed by atoms with Crippen LogP contribution in [0.5, 0.6) is 17.2 Å². The minimum absolute atomic E-state index is 0.265. The molecule has 0 aliphatic rings. The van der Waals surface area contributed by atoms with E-state index in [2.05, 4.69) is 20.9 Å². The molecule has 0 fully saturated rings. The van der Waals surface area contributed by atoms with E-state index >= 15 is 0 Å². The summed E-state index contributed by atoms with van der Waals surface area (Å²) < 4.78 is 11.0. The van der Waals surface area contributed by atoms with E-state index in [4.69, 9.17) is 9.47 Å². The molecule has 8 nitrogen and oxygen atoms in total. The summed E-state index contributed by atoms with van der Waals surface area (Å²) in [4.78, 5) is 27.9. The molecular formula is C22H22N4O4. The molecule has 8 heteroatoms. The van der Waals surface area contributed by atoms with Crippen molar-refractivity contribution in [2.45, 2.75) is 6.54 Å². The number of nitrogens with zero attached hydrogens (tertiary/aromatic N) is 1.